The molecule has 7 nitrogen and oxygen atoms in total. The molecular weight excluding hydrogens is 234 g/mol. The van der Waals surface area contributed by atoms with Gasteiger partial charge in [0.25, 0.3) is 0 Å². The van der Waals surface area contributed by atoms with Gasteiger partial charge in [0.1, 0.15) is 0 Å². The molecule has 1 aliphatic rings. The van der Waals surface area contributed by atoms with Crippen molar-refractivity contribution >= 4 is 11.8 Å². The first-order valence-electron chi connectivity index (χ1n) is 5.97. The molecule has 5 N–H and O–H groups in total. The summed E-state index contributed by atoms with van der Waals surface area (Å²) in [6.45, 7) is 0.812. The highest BCUT2D eigenvalue weighted by Crippen LogP contribution is 2.04. The maximum Gasteiger partial charge on any atom is 0.243 e. The molecule has 0 radical (unpaired) electrons. The van der Waals surface area contributed by atoms with Crippen molar-refractivity contribution in [1.29, 1.82) is 0 Å². The van der Waals surface area contributed by atoms with Gasteiger partial charge >= 0.3 is 0 Å². The molecule has 0 spiro atoms. The maximum atomic E-state index is 11.7. The Labute approximate surface area is 105 Å². The number of amides is 2. The first-order valence-corrected chi connectivity index (χ1v) is 5.97. The smallest absolute Gasteiger partial charge is 0.243 e. The summed E-state index contributed by atoms with van der Waals surface area (Å²) >= 11 is 0. The number of aromatic nitrogens is 2. The number of hydrogen-bond acceptors (Lipinski definition) is 5. The van der Waals surface area contributed by atoms with Crippen LogP contribution in [0.15, 0.2) is 12.5 Å². The summed E-state index contributed by atoms with van der Waals surface area (Å²) in [6, 6.07) is -1.02. The second-order valence-electron chi connectivity index (χ2n) is 4.39. The van der Waals surface area contributed by atoms with Crippen LogP contribution < -0.4 is 16.4 Å². The second-order valence-corrected chi connectivity index (χ2v) is 4.39. The summed E-state index contributed by atoms with van der Waals surface area (Å²) in [6.07, 6.45) is 5.17. The topological polar surface area (TPSA) is 113 Å². The van der Waals surface area contributed by atoms with E-state index in [4.69, 9.17) is 5.73 Å². The molecule has 2 atom stereocenters. The molecule has 2 rings (SSSR count). The summed E-state index contributed by atoms with van der Waals surface area (Å²) in [5.74, 6) is -0.749. The SMILES string of the molecule is N[C@@H](Cc1cnc[nH]1)C(=O)NC(=O)[C@@H]1CCCN1. The van der Waals surface area contributed by atoms with Gasteiger partial charge < -0.3 is 16.0 Å². The van der Waals surface area contributed by atoms with E-state index < -0.39 is 11.9 Å². The molecule has 2 heterocycles. The molecule has 1 aliphatic heterocycles. The third-order valence-corrected chi connectivity index (χ3v) is 2.95. The largest absolute Gasteiger partial charge is 0.348 e. The second kappa shape index (κ2) is 5.74. The van der Waals surface area contributed by atoms with Gasteiger partial charge in [0.05, 0.1) is 18.4 Å². The average molecular weight is 251 g/mol. The summed E-state index contributed by atoms with van der Waals surface area (Å²) < 4.78 is 0. The van der Waals surface area contributed by atoms with Crippen molar-refractivity contribution in [3.63, 3.8) is 0 Å². The standard InChI is InChI=1S/C11H17N5O2/c12-8(4-7-5-13-6-15-7)10(17)16-11(18)9-2-1-3-14-9/h5-6,8-9,14H,1-4,12H2,(H,13,15)(H,16,17,18)/t8-,9-/m0/s1. The number of carbonyl (C=O) groups is 2. The molecule has 0 aromatic carbocycles. The molecule has 1 saturated heterocycles. The Morgan fingerprint density at radius 3 is 3.06 bits per heavy atom. The fraction of sp³-hybridized carbons (Fsp3) is 0.545. The quantitative estimate of drug-likeness (QED) is 0.530. The van der Waals surface area contributed by atoms with Crippen LogP contribution >= 0.6 is 0 Å². The highest BCUT2D eigenvalue weighted by atomic mass is 16.2. The van der Waals surface area contributed by atoms with Crippen LogP contribution in [0.3, 0.4) is 0 Å². The van der Waals surface area contributed by atoms with Crippen LogP contribution in [0.4, 0.5) is 0 Å². The molecule has 2 amide bonds. The zero-order valence-corrected chi connectivity index (χ0v) is 9.98. The number of hydrogen-bond donors (Lipinski definition) is 4. The minimum atomic E-state index is -0.754. The molecule has 7 heteroatoms. The van der Waals surface area contributed by atoms with Crippen molar-refractivity contribution in [2.45, 2.75) is 31.3 Å². The van der Waals surface area contributed by atoms with Crippen LogP contribution in [0.2, 0.25) is 0 Å². The highest BCUT2D eigenvalue weighted by molar-refractivity contribution is 6.00. The Bertz CT molecular complexity index is 411. The lowest BCUT2D eigenvalue weighted by molar-refractivity contribution is -0.132. The molecule has 0 aliphatic carbocycles. The summed E-state index contributed by atoms with van der Waals surface area (Å²) in [4.78, 5) is 30.1. The number of imide groups is 1. The van der Waals surface area contributed by atoms with E-state index in [2.05, 4.69) is 20.6 Å². The molecule has 1 aromatic rings. The van der Waals surface area contributed by atoms with E-state index in [1.54, 1.807) is 6.20 Å². The van der Waals surface area contributed by atoms with E-state index in [0.29, 0.717) is 6.42 Å². The predicted octanol–water partition coefficient (Wildman–Crippen LogP) is -1.33. The van der Waals surface area contributed by atoms with E-state index in [9.17, 15) is 9.59 Å². The van der Waals surface area contributed by atoms with Crippen LogP contribution in [-0.2, 0) is 16.0 Å². The van der Waals surface area contributed by atoms with Gasteiger partial charge in [-0.3, -0.25) is 14.9 Å². The Morgan fingerprint density at radius 2 is 2.44 bits per heavy atom. The number of imidazole rings is 1. The van der Waals surface area contributed by atoms with Crippen molar-refractivity contribution in [2.24, 2.45) is 5.73 Å². The normalized spacial score (nSPS) is 20.6. The van der Waals surface area contributed by atoms with Crippen molar-refractivity contribution in [1.82, 2.24) is 20.6 Å². The van der Waals surface area contributed by atoms with E-state index in [1.165, 1.54) is 6.33 Å². The van der Waals surface area contributed by atoms with Crippen LogP contribution in [0, 0.1) is 0 Å². The van der Waals surface area contributed by atoms with Gasteiger partial charge in [-0.15, -0.1) is 0 Å². The minimum absolute atomic E-state index is 0.270. The first-order chi connectivity index (χ1) is 8.66. The predicted molar refractivity (Wildman–Crippen MR) is 64.4 cm³/mol. The van der Waals surface area contributed by atoms with Crippen molar-refractivity contribution in [3.05, 3.63) is 18.2 Å². The molecule has 1 aromatic heterocycles. The number of nitrogens with two attached hydrogens (primary N) is 1. The number of H-pyrrole nitrogens is 1. The van der Waals surface area contributed by atoms with E-state index in [0.717, 1.165) is 25.1 Å². The Kier molecular flexibility index (Phi) is 4.06. The van der Waals surface area contributed by atoms with Gasteiger partial charge in [0.15, 0.2) is 0 Å². The van der Waals surface area contributed by atoms with Crippen LogP contribution in [-0.4, -0.2) is 40.4 Å². The van der Waals surface area contributed by atoms with Gasteiger partial charge in [0.2, 0.25) is 11.8 Å². The molecular formula is C11H17N5O2. The third kappa shape index (κ3) is 3.14. The lowest BCUT2D eigenvalue weighted by Gasteiger charge is -2.13. The fourth-order valence-corrected chi connectivity index (χ4v) is 1.94. The fourth-order valence-electron chi connectivity index (χ4n) is 1.94. The number of nitrogens with zero attached hydrogens (tertiary/aromatic N) is 1. The van der Waals surface area contributed by atoms with Crippen molar-refractivity contribution in [3.8, 4) is 0 Å². The van der Waals surface area contributed by atoms with Crippen LogP contribution in [0.5, 0.6) is 0 Å². The van der Waals surface area contributed by atoms with E-state index in [-0.39, 0.29) is 11.9 Å². The maximum absolute atomic E-state index is 11.7. The number of aromatic amines is 1. The number of nitrogens with one attached hydrogen (secondary N) is 3. The van der Waals surface area contributed by atoms with Crippen molar-refractivity contribution in [2.75, 3.05) is 6.54 Å². The van der Waals surface area contributed by atoms with Gasteiger partial charge in [-0.2, -0.15) is 0 Å². The van der Waals surface area contributed by atoms with Crippen LogP contribution in [0.25, 0.3) is 0 Å². The zero-order chi connectivity index (χ0) is 13.0. The highest BCUT2D eigenvalue weighted by Gasteiger charge is 2.25. The average Bonchev–Trinajstić information content (AvgIpc) is 3.01. The minimum Gasteiger partial charge on any atom is -0.348 e. The van der Waals surface area contributed by atoms with Gasteiger partial charge in [-0.05, 0) is 19.4 Å². The van der Waals surface area contributed by atoms with E-state index >= 15 is 0 Å². The summed E-state index contributed by atoms with van der Waals surface area (Å²) in [5.41, 5.74) is 6.49. The Balaban J connectivity index is 1.81. The van der Waals surface area contributed by atoms with Gasteiger partial charge in [-0.1, -0.05) is 0 Å². The molecule has 0 unspecified atom stereocenters. The van der Waals surface area contributed by atoms with E-state index in [1.807, 2.05) is 0 Å². The monoisotopic (exact) mass is 251 g/mol. The summed E-state index contributed by atoms with van der Waals surface area (Å²) in [5, 5.41) is 5.36. The lowest BCUT2D eigenvalue weighted by Crippen LogP contribution is -2.49. The zero-order valence-electron chi connectivity index (χ0n) is 9.98. The number of rotatable bonds is 4. The van der Waals surface area contributed by atoms with Crippen molar-refractivity contribution < 1.29 is 9.59 Å². The van der Waals surface area contributed by atoms with Gasteiger partial charge in [-0.25, -0.2) is 4.98 Å². The van der Waals surface area contributed by atoms with Gasteiger partial charge in [0, 0.05) is 18.3 Å². The molecule has 98 valence electrons. The molecule has 0 saturated carbocycles. The molecule has 0 bridgehead atoms. The summed E-state index contributed by atoms with van der Waals surface area (Å²) in [7, 11) is 0. The molecule has 18 heavy (non-hydrogen) atoms. The molecule has 1 fully saturated rings. The third-order valence-electron chi connectivity index (χ3n) is 2.95. The number of carbonyl (C=O) groups excluding carboxylic acids is 2. The first kappa shape index (κ1) is 12.7. The van der Waals surface area contributed by atoms with Crippen LogP contribution in [0.1, 0.15) is 18.5 Å². The lowest BCUT2D eigenvalue weighted by atomic mass is 10.1. The Hall–Kier alpha value is -1.73. The Morgan fingerprint density at radius 1 is 1.61 bits per heavy atom.